The molecule has 2 rings (SSSR count). The molecule has 0 aliphatic carbocycles. The second-order valence-electron chi connectivity index (χ2n) is 5.89. The van der Waals surface area contributed by atoms with Gasteiger partial charge in [0, 0.05) is 9.89 Å². The van der Waals surface area contributed by atoms with Crippen molar-refractivity contribution in [1.82, 2.24) is 15.0 Å². The number of nitrogens with two attached hydrogens (primary N) is 1. The number of benzene rings is 1. The highest BCUT2D eigenvalue weighted by Crippen LogP contribution is 2.32. The van der Waals surface area contributed by atoms with Crippen molar-refractivity contribution in [2.45, 2.75) is 38.6 Å². The van der Waals surface area contributed by atoms with E-state index < -0.39 is 0 Å². The average Bonchev–Trinajstić information content (AvgIpc) is 2.87. The first-order valence-corrected chi connectivity index (χ1v) is 8.12. The largest absolute Gasteiger partial charge is 0.271 e. The van der Waals surface area contributed by atoms with Gasteiger partial charge in [0.1, 0.15) is 5.82 Å². The minimum Gasteiger partial charge on any atom is -0.271 e. The Labute approximate surface area is 136 Å². The van der Waals surface area contributed by atoms with Crippen LogP contribution < -0.4 is 11.3 Å². The minimum absolute atomic E-state index is 0.0997. The van der Waals surface area contributed by atoms with E-state index in [0.29, 0.717) is 6.42 Å². The molecule has 21 heavy (non-hydrogen) atoms. The van der Waals surface area contributed by atoms with Crippen LogP contribution in [-0.4, -0.2) is 9.59 Å². The Balaban J connectivity index is 2.31. The molecular formula is C14H18BrFN4S. The van der Waals surface area contributed by atoms with Crippen LogP contribution >= 0.6 is 27.5 Å². The lowest BCUT2D eigenvalue weighted by Gasteiger charge is -2.21. The monoisotopic (exact) mass is 372 g/mol. The highest BCUT2D eigenvalue weighted by molar-refractivity contribution is 9.10. The van der Waals surface area contributed by atoms with Crippen molar-refractivity contribution in [2.75, 3.05) is 0 Å². The molecule has 0 saturated carbocycles. The number of halogens is 2. The molecule has 0 saturated heterocycles. The summed E-state index contributed by atoms with van der Waals surface area (Å²) in [7, 11) is 0. The highest BCUT2D eigenvalue weighted by Gasteiger charge is 2.27. The van der Waals surface area contributed by atoms with E-state index in [2.05, 4.69) is 51.7 Å². The van der Waals surface area contributed by atoms with E-state index >= 15 is 0 Å². The maximum absolute atomic E-state index is 13.2. The van der Waals surface area contributed by atoms with E-state index in [-0.39, 0.29) is 17.3 Å². The van der Waals surface area contributed by atoms with Crippen molar-refractivity contribution in [3.05, 3.63) is 44.6 Å². The summed E-state index contributed by atoms with van der Waals surface area (Å²) in [5.74, 6) is 5.45. The molecule has 1 aromatic carbocycles. The quantitative estimate of drug-likeness (QED) is 0.636. The predicted molar refractivity (Wildman–Crippen MR) is 86.5 cm³/mol. The fraction of sp³-hybridized carbons (Fsp3) is 0.429. The van der Waals surface area contributed by atoms with Gasteiger partial charge >= 0.3 is 0 Å². The van der Waals surface area contributed by atoms with Crippen molar-refractivity contribution in [2.24, 2.45) is 5.84 Å². The van der Waals surface area contributed by atoms with Gasteiger partial charge in [-0.2, -0.15) is 0 Å². The van der Waals surface area contributed by atoms with Gasteiger partial charge in [-0.25, -0.2) is 4.39 Å². The fourth-order valence-corrected chi connectivity index (χ4v) is 3.52. The molecule has 0 aliphatic rings. The molecule has 1 atom stereocenters. The topological polar surface area (TPSA) is 63.8 Å². The Morgan fingerprint density at radius 3 is 2.71 bits per heavy atom. The first-order chi connectivity index (χ1) is 9.82. The molecule has 114 valence electrons. The number of nitrogens with one attached hydrogen (secondary N) is 1. The van der Waals surface area contributed by atoms with Gasteiger partial charge < -0.3 is 0 Å². The first kappa shape index (κ1) is 16.5. The van der Waals surface area contributed by atoms with Gasteiger partial charge in [0.25, 0.3) is 0 Å². The molecule has 1 unspecified atom stereocenters. The van der Waals surface area contributed by atoms with Crippen LogP contribution in [0.3, 0.4) is 0 Å². The van der Waals surface area contributed by atoms with E-state index in [4.69, 9.17) is 5.84 Å². The zero-order valence-corrected chi connectivity index (χ0v) is 14.6. The number of aromatic nitrogens is 2. The molecule has 0 fully saturated rings. The molecule has 3 N–H and O–H groups in total. The Morgan fingerprint density at radius 1 is 1.43 bits per heavy atom. The molecule has 4 nitrogen and oxygen atoms in total. The number of hydrogen-bond donors (Lipinski definition) is 2. The zero-order chi connectivity index (χ0) is 15.6. The maximum Gasteiger partial charge on any atom is 0.124 e. The average molecular weight is 373 g/mol. The number of rotatable bonds is 4. The summed E-state index contributed by atoms with van der Waals surface area (Å²) < 4.78 is 18.0. The molecule has 0 spiro atoms. The van der Waals surface area contributed by atoms with E-state index in [0.717, 1.165) is 20.6 Å². The van der Waals surface area contributed by atoms with Crippen LogP contribution in [0, 0.1) is 5.82 Å². The lowest BCUT2D eigenvalue weighted by Crippen LogP contribution is -2.31. The van der Waals surface area contributed by atoms with Crippen LogP contribution in [0.25, 0.3) is 0 Å². The van der Waals surface area contributed by atoms with Crippen molar-refractivity contribution in [3.63, 3.8) is 0 Å². The maximum atomic E-state index is 13.2. The lowest BCUT2D eigenvalue weighted by molar-refractivity contribution is 0.514. The fourth-order valence-electron chi connectivity index (χ4n) is 2.08. The summed E-state index contributed by atoms with van der Waals surface area (Å²) >= 11 is 4.73. The molecule has 0 amide bonds. The van der Waals surface area contributed by atoms with E-state index in [1.807, 2.05) is 0 Å². The third-order valence-corrected chi connectivity index (χ3v) is 4.76. The normalized spacial score (nSPS) is 13.4. The summed E-state index contributed by atoms with van der Waals surface area (Å²) in [6.45, 7) is 6.28. The predicted octanol–water partition coefficient (Wildman–Crippen LogP) is 3.48. The molecule has 7 heteroatoms. The molecule has 0 bridgehead atoms. The van der Waals surface area contributed by atoms with Crippen molar-refractivity contribution in [1.29, 1.82) is 0 Å². The Kier molecular flexibility index (Phi) is 5.08. The highest BCUT2D eigenvalue weighted by atomic mass is 79.9. The standard InChI is InChI=1S/C14H18BrFN4S/c1-14(2,3)13-12(21-20-19-13)11(18-17)6-8-4-5-9(16)7-10(8)15/h4-5,7,11,18H,6,17H2,1-3H3. The number of nitrogens with zero attached hydrogens (tertiary/aromatic N) is 2. The van der Waals surface area contributed by atoms with E-state index in [1.165, 1.54) is 23.7 Å². The molecule has 2 aromatic rings. The number of hydrogen-bond acceptors (Lipinski definition) is 5. The summed E-state index contributed by atoms with van der Waals surface area (Å²) in [5, 5.41) is 4.24. The smallest absolute Gasteiger partial charge is 0.124 e. The van der Waals surface area contributed by atoms with Gasteiger partial charge in [0.2, 0.25) is 0 Å². The van der Waals surface area contributed by atoms with Crippen molar-refractivity contribution in [3.8, 4) is 0 Å². The molecule has 0 radical (unpaired) electrons. The molecule has 1 aromatic heterocycles. The van der Waals surface area contributed by atoms with Crippen molar-refractivity contribution >= 4 is 27.5 Å². The summed E-state index contributed by atoms with van der Waals surface area (Å²) in [6, 6.07) is 4.55. The third kappa shape index (κ3) is 3.85. The van der Waals surface area contributed by atoms with E-state index in [9.17, 15) is 4.39 Å². The lowest BCUT2D eigenvalue weighted by atomic mass is 9.89. The first-order valence-electron chi connectivity index (χ1n) is 6.55. The van der Waals surface area contributed by atoms with E-state index in [1.54, 1.807) is 6.07 Å². The second-order valence-corrected chi connectivity index (χ2v) is 7.53. The summed E-state index contributed by atoms with van der Waals surface area (Å²) in [6.07, 6.45) is 0.629. The van der Waals surface area contributed by atoms with Gasteiger partial charge in [-0.1, -0.05) is 47.3 Å². The Hall–Kier alpha value is -0.890. The van der Waals surface area contributed by atoms with Gasteiger partial charge in [-0.3, -0.25) is 11.3 Å². The third-order valence-electron chi connectivity index (χ3n) is 3.18. The van der Waals surface area contributed by atoms with Crippen LogP contribution in [0.4, 0.5) is 4.39 Å². The summed E-state index contributed by atoms with van der Waals surface area (Å²) in [5.41, 5.74) is 4.64. The van der Waals surface area contributed by atoms with Crippen LogP contribution in [0.2, 0.25) is 0 Å². The van der Waals surface area contributed by atoms with Crippen LogP contribution in [-0.2, 0) is 11.8 Å². The number of hydrazine groups is 1. The van der Waals surface area contributed by atoms with Crippen molar-refractivity contribution < 1.29 is 4.39 Å². The molecular weight excluding hydrogens is 355 g/mol. The second kappa shape index (κ2) is 6.48. The van der Waals surface area contributed by atoms with Crippen LogP contribution in [0.1, 0.15) is 42.9 Å². The van der Waals surface area contributed by atoms with Gasteiger partial charge in [-0.15, -0.1) is 5.10 Å². The van der Waals surface area contributed by atoms with Gasteiger partial charge in [0.05, 0.1) is 16.6 Å². The van der Waals surface area contributed by atoms with Crippen LogP contribution in [0.5, 0.6) is 0 Å². The Morgan fingerprint density at radius 2 is 2.14 bits per heavy atom. The molecule has 1 heterocycles. The molecule has 0 aliphatic heterocycles. The SMILES string of the molecule is CC(C)(C)c1nnsc1C(Cc1ccc(F)cc1Br)NN. The minimum atomic E-state index is -0.266. The summed E-state index contributed by atoms with van der Waals surface area (Å²) in [4.78, 5) is 1.02. The zero-order valence-electron chi connectivity index (χ0n) is 12.2. The van der Waals surface area contributed by atoms with Gasteiger partial charge in [-0.05, 0) is 35.6 Å². The van der Waals surface area contributed by atoms with Crippen LogP contribution in [0.15, 0.2) is 22.7 Å². The van der Waals surface area contributed by atoms with Gasteiger partial charge in [0.15, 0.2) is 0 Å². The Bertz CT molecular complexity index is 624.